The first-order valence-corrected chi connectivity index (χ1v) is 9.81. The summed E-state index contributed by atoms with van der Waals surface area (Å²) in [6.45, 7) is 4.11. The Morgan fingerprint density at radius 3 is 2.04 bits per heavy atom. The summed E-state index contributed by atoms with van der Waals surface area (Å²) in [6, 6.07) is 16.7. The molecule has 1 aromatic heterocycles. The number of hydrogen-bond donors (Lipinski definition) is 2. The van der Waals surface area contributed by atoms with Crippen LogP contribution in [0.2, 0.25) is 0 Å². The highest BCUT2D eigenvalue weighted by atomic mass is 32.2. The number of benzene rings is 2. The standard InChI is InChI=1S/C18H18N2O2S2/c1-13-5-3-6-14(2)18(13)19-15-8-10-16(11-9-15)20-24(21,22)17-7-4-12-23-17/h3-12,19-20H,1-2H3. The second-order valence-electron chi connectivity index (χ2n) is 5.51. The summed E-state index contributed by atoms with van der Waals surface area (Å²) in [5, 5.41) is 5.13. The molecule has 1 heterocycles. The van der Waals surface area contributed by atoms with Crippen molar-refractivity contribution in [2.45, 2.75) is 18.1 Å². The van der Waals surface area contributed by atoms with Gasteiger partial charge in [0.25, 0.3) is 10.0 Å². The van der Waals surface area contributed by atoms with Crippen LogP contribution in [0.3, 0.4) is 0 Å². The third-order valence-corrected chi connectivity index (χ3v) is 6.43. The van der Waals surface area contributed by atoms with Gasteiger partial charge in [-0.2, -0.15) is 0 Å². The van der Waals surface area contributed by atoms with E-state index in [0.717, 1.165) is 22.5 Å². The lowest BCUT2D eigenvalue weighted by atomic mass is 10.1. The molecule has 6 heteroatoms. The van der Waals surface area contributed by atoms with Crippen LogP contribution in [0.4, 0.5) is 17.1 Å². The molecule has 24 heavy (non-hydrogen) atoms. The number of nitrogens with one attached hydrogen (secondary N) is 2. The summed E-state index contributed by atoms with van der Waals surface area (Å²) in [6.07, 6.45) is 0. The molecule has 0 atom stereocenters. The average Bonchev–Trinajstić information content (AvgIpc) is 3.08. The van der Waals surface area contributed by atoms with Gasteiger partial charge in [0.1, 0.15) is 4.21 Å². The van der Waals surface area contributed by atoms with Gasteiger partial charge >= 0.3 is 0 Å². The zero-order chi connectivity index (χ0) is 17.2. The van der Waals surface area contributed by atoms with Crippen molar-refractivity contribution in [3.05, 3.63) is 71.1 Å². The second-order valence-corrected chi connectivity index (χ2v) is 8.36. The Kier molecular flexibility index (Phi) is 4.59. The third-order valence-electron chi connectivity index (χ3n) is 3.65. The maximum absolute atomic E-state index is 12.2. The summed E-state index contributed by atoms with van der Waals surface area (Å²) >= 11 is 1.19. The molecule has 0 radical (unpaired) electrons. The Labute approximate surface area is 146 Å². The maximum Gasteiger partial charge on any atom is 0.271 e. The Morgan fingerprint density at radius 1 is 0.833 bits per heavy atom. The van der Waals surface area contributed by atoms with Crippen LogP contribution in [-0.4, -0.2) is 8.42 Å². The number of rotatable bonds is 5. The van der Waals surface area contributed by atoms with Crippen molar-refractivity contribution in [3.8, 4) is 0 Å². The molecule has 0 unspecified atom stereocenters. The maximum atomic E-state index is 12.2. The molecule has 0 saturated heterocycles. The van der Waals surface area contributed by atoms with Crippen LogP contribution >= 0.6 is 11.3 Å². The van der Waals surface area contributed by atoms with Gasteiger partial charge in [-0.05, 0) is 60.7 Å². The molecule has 0 aliphatic rings. The quantitative estimate of drug-likeness (QED) is 0.681. The zero-order valence-corrected chi connectivity index (χ0v) is 15.0. The Balaban J connectivity index is 1.77. The van der Waals surface area contributed by atoms with Crippen LogP contribution < -0.4 is 10.0 Å². The molecule has 0 aliphatic carbocycles. The molecule has 4 nitrogen and oxygen atoms in total. The Morgan fingerprint density at radius 2 is 1.46 bits per heavy atom. The predicted molar refractivity (Wildman–Crippen MR) is 101 cm³/mol. The number of thiophene rings is 1. The van der Waals surface area contributed by atoms with Crippen LogP contribution in [0.25, 0.3) is 0 Å². The lowest BCUT2D eigenvalue weighted by Crippen LogP contribution is -2.11. The SMILES string of the molecule is Cc1cccc(C)c1Nc1ccc(NS(=O)(=O)c2cccs2)cc1. The van der Waals surface area contributed by atoms with Gasteiger partial charge in [0.2, 0.25) is 0 Å². The smallest absolute Gasteiger partial charge is 0.271 e. The molecule has 124 valence electrons. The van der Waals surface area contributed by atoms with Crippen molar-refractivity contribution in [2.24, 2.45) is 0 Å². The molecule has 0 saturated carbocycles. The van der Waals surface area contributed by atoms with Crippen molar-refractivity contribution >= 4 is 38.4 Å². The molecule has 0 spiro atoms. The first kappa shape index (κ1) is 16.5. The monoisotopic (exact) mass is 358 g/mol. The van der Waals surface area contributed by atoms with Gasteiger partial charge in [0.15, 0.2) is 0 Å². The first-order chi connectivity index (χ1) is 11.5. The van der Waals surface area contributed by atoms with Gasteiger partial charge < -0.3 is 5.32 Å². The van der Waals surface area contributed by atoms with Crippen molar-refractivity contribution in [1.29, 1.82) is 0 Å². The van der Waals surface area contributed by atoms with E-state index in [1.54, 1.807) is 29.6 Å². The first-order valence-electron chi connectivity index (χ1n) is 7.45. The third kappa shape index (κ3) is 3.60. The fourth-order valence-electron chi connectivity index (χ4n) is 2.40. The van der Waals surface area contributed by atoms with Crippen LogP contribution in [0, 0.1) is 13.8 Å². The highest BCUT2D eigenvalue weighted by Gasteiger charge is 2.14. The van der Waals surface area contributed by atoms with Gasteiger partial charge in [-0.15, -0.1) is 11.3 Å². The molecule has 3 rings (SSSR count). The lowest BCUT2D eigenvalue weighted by Gasteiger charge is -2.13. The minimum Gasteiger partial charge on any atom is -0.355 e. The van der Waals surface area contributed by atoms with Crippen molar-refractivity contribution < 1.29 is 8.42 Å². The Bertz CT molecular complexity index is 911. The van der Waals surface area contributed by atoms with Crippen molar-refractivity contribution in [1.82, 2.24) is 0 Å². The minimum atomic E-state index is -3.51. The van der Waals surface area contributed by atoms with E-state index in [-0.39, 0.29) is 0 Å². The summed E-state index contributed by atoms with van der Waals surface area (Å²) in [4.78, 5) is 0. The minimum absolute atomic E-state index is 0.306. The molecule has 0 aliphatic heterocycles. The predicted octanol–water partition coefficient (Wildman–Crippen LogP) is 4.91. The summed E-state index contributed by atoms with van der Waals surface area (Å²) in [5.74, 6) is 0. The molecule has 0 fully saturated rings. The van der Waals surface area contributed by atoms with Gasteiger partial charge in [-0.1, -0.05) is 24.3 Å². The van der Waals surface area contributed by atoms with E-state index in [4.69, 9.17) is 0 Å². The number of para-hydroxylation sites is 1. The highest BCUT2D eigenvalue weighted by Crippen LogP contribution is 2.26. The summed E-state index contributed by atoms with van der Waals surface area (Å²) < 4.78 is 27.3. The van der Waals surface area contributed by atoms with Gasteiger partial charge in [0.05, 0.1) is 0 Å². The number of hydrogen-bond acceptors (Lipinski definition) is 4. The summed E-state index contributed by atoms with van der Waals surface area (Å²) in [5.41, 5.74) is 4.85. The molecule has 3 aromatic rings. The van der Waals surface area contributed by atoms with Gasteiger partial charge in [0, 0.05) is 17.1 Å². The van der Waals surface area contributed by atoms with Crippen molar-refractivity contribution in [3.63, 3.8) is 0 Å². The largest absolute Gasteiger partial charge is 0.355 e. The van der Waals surface area contributed by atoms with Gasteiger partial charge in [-0.3, -0.25) is 4.72 Å². The van der Waals surface area contributed by atoms with E-state index in [2.05, 4.69) is 36.0 Å². The van der Waals surface area contributed by atoms with E-state index >= 15 is 0 Å². The fraction of sp³-hybridized carbons (Fsp3) is 0.111. The molecule has 0 bridgehead atoms. The fourth-order valence-corrected chi connectivity index (χ4v) is 4.45. The van der Waals surface area contributed by atoms with E-state index in [1.165, 1.54) is 11.3 Å². The molecular weight excluding hydrogens is 340 g/mol. The van der Waals surface area contributed by atoms with Crippen LogP contribution in [-0.2, 0) is 10.0 Å². The second kappa shape index (κ2) is 6.67. The van der Waals surface area contributed by atoms with Crippen LogP contribution in [0.1, 0.15) is 11.1 Å². The molecular formula is C18H18N2O2S2. The van der Waals surface area contributed by atoms with E-state index in [1.807, 2.05) is 18.2 Å². The molecule has 2 N–H and O–H groups in total. The number of aryl methyl sites for hydroxylation is 2. The topological polar surface area (TPSA) is 58.2 Å². The zero-order valence-electron chi connectivity index (χ0n) is 13.4. The van der Waals surface area contributed by atoms with Crippen molar-refractivity contribution in [2.75, 3.05) is 10.0 Å². The van der Waals surface area contributed by atoms with Gasteiger partial charge in [-0.25, -0.2) is 8.42 Å². The normalized spacial score (nSPS) is 11.2. The highest BCUT2D eigenvalue weighted by molar-refractivity contribution is 7.94. The number of sulfonamides is 1. The molecule has 2 aromatic carbocycles. The van der Waals surface area contributed by atoms with E-state index in [0.29, 0.717) is 9.90 Å². The average molecular weight is 358 g/mol. The number of anilines is 3. The van der Waals surface area contributed by atoms with Crippen LogP contribution in [0.5, 0.6) is 0 Å². The van der Waals surface area contributed by atoms with E-state index in [9.17, 15) is 8.42 Å². The lowest BCUT2D eigenvalue weighted by molar-refractivity contribution is 0.603. The summed E-state index contributed by atoms with van der Waals surface area (Å²) in [7, 11) is -3.51. The molecule has 0 amide bonds. The Hall–Kier alpha value is -2.31. The van der Waals surface area contributed by atoms with Crippen LogP contribution in [0.15, 0.2) is 64.2 Å². The van der Waals surface area contributed by atoms with E-state index < -0.39 is 10.0 Å².